The number of hydrogen-bond acceptors (Lipinski definition) is 3. The Hall–Kier alpha value is -1.30. The molecule has 2 aliphatic heterocycles. The standard InChI is InChI=1S/C21H33N3O3/c25-17-12-14(13-24(17)15-6-2-1-3-7-15)22-20(26)23-18-16-8-11-27-19(16)21(18)9-4-5-10-21/h14-16,18-19H,1-13H2,(H2,22,23,26). The number of urea groups is 1. The molecule has 2 saturated heterocycles. The predicted molar refractivity (Wildman–Crippen MR) is 101 cm³/mol. The highest BCUT2D eigenvalue weighted by Gasteiger charge is 2.65. The first kappa shape index (κ1) is 17.8. The molecule has 6 nitrogen and oxygen atoms in total. The van der Waals surface area contributed by atoms with E-state index in [2.05, 4.69) is 10.6 Å². The van der Waals surface area contributed by atoms with Crippen LogP contribution in [-0.2, 0) is 9.53 Å². The summed E-state index contributed by atoms with van der Waals surface area (Å²) < 4.78 is 6.01. The molecule has 0 bridgehead atoms. The number of carbonyl (C=O) groups is 2. The fraction of sp³-hybridized carbons (Fsp3) is 0.905. The molecule has 3 amide bonds. The van der Waals surface area contributed by atoms with E-state index < -0.39 is 0 Å². The molecule has 150 valence electrons. The van der Waals surface area contributed by atoms with Crippen molar-refractivity contribution in [3.63, 3.8) is 0 Å². The van der Waals surface area contributed by atoms with Crippen LogP contribution in [0.25, 0.3) is 0 Å². The molecular formula is C21H33N3O3. The molecule has 27 heavy (non-hydrogen) atoms. The number of hydrogen-bond donors (Lipinski definition) is 2. The smallest absolute Gasteiger partial charge is 0.315 e. The van der Waals surface area contributed by atoms with Crippen LogP contribution >= 0.6 is 0 Å². The Morgan fingerprint density at radius 3 is 2.59 bits per heavy atom. The minimum Gasteiger partial charge on any atom is -0.377 e. The molecule has 0 radical (unpaired) electrons. The van der Waals surface area contributed by atoms with Gasteiger partial charge in [0.1, 0.15) is 0 Å². The third kappa shape index (κ3) is 2.95. The molecule has 1 spiro atoms. The van der Waals surface area contributed by atoms with Gasteiger partial charge in [0.2, 0.25) is 5.91 Å². The average Bonchev–Trinajstić information content (AvgIpc) is 3.39. The van der Waals surface area contributed by atoms with Gasteiger partial charge in [0.25, 0.3) is 0 Å². The Bertz CT molecular complexity index is 597. The maximum atomic E-state index is 12.7. The number of rotatable bonds is 3. The Labute approximate surface area is 161 Å². The number of ether oxygens (including phenoxy) is 1. The second-order valence-electron chi connectivity index (χ2n) is 9.52. The summed E-state index contributed by atoms with van der Waals surface area (Å²) in [5, 5.41) is 6.41. The first-order valence-electron chi connectivity index (χ1n) is 11.2. The molecule has 2 heterocycles. The summed E-state index contributed by atoms with van der Waals surface area (Å²) in [6, 6.07) is 0.513. The lowest BCUT2D eigenvalue weighted by molar-refractivity contribution is -0.130. The van der Waals surface area contributed by atoms with E-state index in [-0.39, 0.29) is 29.4 Å². The summed E-state index contributed by atoms with van der Waals surface area (Å²) in [5.41, 5.74) is 0.179. The fourth-order valence-electron chi connectivity index (χ4n) is 6.85. The van der Waals surface area contributed by atoms with Crippen molar-refractivity contribution in [3.05, 3.63) is 0 Å². The Morgan fingerprint density at radius 1 is 1.04 bits per heavy atom. The zero-order valence-corrected chi connectivity index (χ0v) is 16.3. The van der Waals surface area contributed by atoms with Crippen LogP contribution in [0.15, 0.2) is 0 Å². The van der Waals surface area contributed by atoms with Crippen LogP contribution in [0.5, 0.6) is 0 Å². The van der Waals surface area contributed by atoms with Gasteiger partial charge in [-0.15, -0.1) is 0 Å². The van der Waals surface area contributed by atoms with E-state index in [1.807, 2.05) is 4.90 Å². The second kappa shape index (κ2) is 6.94. The Morgan fingerprint density at radius 2 is 1.81 bits per heavy atom. The number of likely N-dealkylation sites (tertiary alicyclic amines) is 1. The Kier molecular flexibility index (Phi) is 4.57. The summed E-state index contributed by atoms with van der Waals surface area (Å²) >= 11 is 0. The largest absolute Gasteiger partial charge is 0.377 e. The molecule has 2 N–H and O–H groups in total. The van der Waals surface area contributed by atoms with Gasteiger partial charge in [0.05, 0.1) is 12.1 Å². The van der Waals surface area contributed by atoms with Crippen LogP contribution in [0.2, 0.25) is 0 Å². The molecule has 3 aliphatic carbocycles. The van der Waals surface area contributed by atoms with Crippen molar-refractivity contribution in [3.8, 4) is 0 Å². The maximum absolute atomic E-state index is 12.7. The summed E-state index contributed by atoms with van der Waals surface area (Å²) in [6.07, 6.45) is 12.7. The van der Waals surface area contributed by atoms with Gasteiger partial charge in [-0.25, -0.2) is 4.79 Å². The molecule has 0 aromatic heterocycles. The van der Waals surface area contributed by atoms with Crippen LogP contribution in [0.4, 0.5) is 4.79 Å². The van der Waals surface area contributed by atoms with Gasteiger partial charge >= 0.3 is 6.03 Å². The van der Waals surface area contributed by atoms with Crippen LogP contribution < -0.4 is 10.6 Å². The topological polar surface area (TPSA) is 70.7 Å². The van der Waals surface area contributed by atoms with Gasteiger partial charge in [-0.1, -0.05) is 32.1 Å². The van der Waals surface area contributed by atoms with Crippen molar-refractivity contribution >= 4 is 11.9 Å². The van der Waals surface area contributed by atoms with Gasteiger partial charge in [-0.2, -0.15) is 0 Å². The molecule has 4 atom stereocenters. The quantitative estimate of drug-likeness (QED) is 0.796. The van der Waals surface area contributed by atoms with E-state index >= 15 is 0 Å². The summed E-state index contributed by atoms with van der Waals surface area (Å²) in [7, 11) is 0. The first-order chi connectivity index (χ1) is 13.2. The van der Waals surface area contributed by atoms with Crippen molar-refractivity contribution in [1.82, 2.24) is 15.5 Å². The summed E-state index contributed by atoms with van der Waals surface area (Å²) in [4.78, 5) is 27.2. The van der Waals surface area contributed by atoms with E-state index in [9.17, 15) is 9.59 Å². The fourth-order valence-corrected chi connectivity index (χ4v) is 6.85. The highest BCUT2D eigenvalue weighted by Crippen LogP contribution is 2.60. The Balaban J connectivity index is 1.17. The predicted octanol–water partition coefficient (Wildman–Crippen LogP) is 2.57. The highest BCUT2D eigenvalue weighted by atomic mass is 16.5. The van der Waals surface area contributed by atoms with Crippen LogP contribution in [0.1, 0.15) is 70.6 Å². The van der Waals surface area contributed by atoms with Gasteiger partial charge in [0, 0.05) is 43.0 Å². The van der Waals surface area contributed by atoms with Crippen LogP contribution in [-0.4, -0.2) is 54.2 Å². The van der Waals surface area contributed by atoms with E-state index in [1.165, 1.54) is 44.9 Å². The second-order valence-corrected chi connectivity index (χ2v) is 9.52. The molecular weight excluding hydrogens is 342 g/mol. The van der Waals surface area contributed by atoms with E-state index in [4.69, 9.17) is 4.74 Å². The molecule has 5 fully saturated rings. The van der Waals surface area contributed by atoms with E-state index in [0.717, 1.165) is 25.9 Å². The van der Waals surface area contributed by atoms with Gasteiger partial charge in [-0.3, -0.25) is 4.79 Å². The lowest BCUT2D eigenvalue weighted by Gasteiger charge is -2.56. The summed E-state index contributed by atoms with van der Waals surface area (Å²) in [6.45, 7) is 1.52. The lowest BCUT2D eigenvalue weighted by atomic mass is 9.54. The van der Waals surface area contributed by atoms with E-state index in [0.29, 0.717) is 31.0 Å². The zero-order valence-electron chi connectivity index (χ0n) is 16.3. The molecule has 5 aliphatic rings. The summed E-state index contributed by atoms with van der Waals surface area (Å²) in [5.74, 6) is 0.699. The number of nitrogens with one attached hydrogen (secondary N) is 2. The minimum atomic E-state index is -0.0834. The maximum Gasteiger partial charge on any atom is 0.315 e. The molecule has 6 heteroatoms. The molecule has 3 saturated carbocycles. The minimum absolute atomic E-state index is 0.0466. The SMILES string of the molecule is O=C(NC1CC(=O)N(C2CCCCC2)C1)NC1C2CCOC2C12CCCC2. The number of carbonyl (C=O) groups excluding carboxylic acids is 2. The number of nitrogens with zero attached hydrogens (tertiary/aromatic N) is 1. The monoisotopic (exact) mass is 375 g/mol. The van der Waals surface area contributed by atoms with E-state index in [1.54, 1.807) is 0 Å². The van der Waals surface area contributed by atoms with Gasteiger partial charge < -0.3 is 20.3 Å². The van der Waals surface area contributed by atoms with Crippen LogP contribution in [0.3, 0.4) is 0 Å². The molecule has 0 aromatic carbocycles. The first-order valence-corrected chi connectivity index (χ1v) is 11.2. The molecule has 0 aromatic rings. The van der Waals surface area contributed by atoms with Crippen molar-refractivity contribution in [2.24, 2.45) is 11.3 Å². The lowest BCUT2D eigenvalue weighted by Crippen LogP contribution is -2.69. The van der Waals surface area contributed by atoms with Crippen molar-refractivity contribution < 1.29 is 14.3 Å². The molecule has 4 unspecified atom stereocenters. The number of amides is 3. The third-order valence-corrected chi connectivity index (χ3v) is 8.08. The number of fused-ring (bicyclic) bond motifs is 2. The zero-order chi connectivity index (χ0) is 18.4. The molecule has 5 rings (SSSR count). The third-order valence-electron chi connectivity index (χ3n) is 8.08. The van der Waals surface area contributed by atoms with Crippen molar-refractivity contribution in [2.45, 2.75) is 94.9 Å². The average molecular weight is 376 g/mol. The normalized spacial score (nSPS) is 38.1. The van der Waals surface area contributed by atoms with Gasteiger partial charge in [0.15, 0.2) is 0 Å². The highest BCUT2D eigenvalue weighted by molar-refractivity contribution is 5.82. The van der Waals surface area contributed by atoms with Crippen molar-refractivity contribution in [1.29, 1.82) is 0 Å². The van der Waals surface area contributed by atoms with Crippen LogP contribution in [0, 0.1) is 11.3 Å². The van der Waals surface area contributed by atoms with Gasteiger partial charge in [-0.05, 0) is 32.1 Å². The van der Waals surface area contributed by atoms with Crippen molar-refractivity contribution in [2.75, 3.05) is 13.2 Å².